The lowest BCUT2D eigenvalue weighted by Gasteiger charge is -2.42. The second-order valence-electron chi connectivity index (χ2n) is 4.82. The molecule has 1 aromatic rings. The topological polar surface area (TPSA) is 15.3 Å². The van der Waals surface area contributed by atoms with Gasteiger partial charge in [-0.1, -0.05) is 13.8 Å². The minimum atomic E-state index is -0.154. The van der Waals surface area contributed by atoms with E-state index in [0.29, 0.717) is 12.1 Å². The van der Waals surface area contributed by atoms with Crippen LogP contribution in [0.1, 0.15) is 26.7 Å². The SMILES string of the molecule is CCC1CN(c2ccc(F)cc2I)C(CC)CN1. The van der Waals surface area contributed by atoms with Crippen molar-refractivity contribution in [2.24, 2.45) is 0 Å². The molecule has 18 heavy (non-hydrogen) atoms. The zero-order valence-electron chi connectivity index (χ0n) is 10.9. The maximum absolute atomic E-state index is 13.2. The van der Waals surface area contributed by atoms with Crippen LogP contribution in [0.5, 0.6) is 0 Å². The molecule has 0 radical (unpaired) electrons. The number of piperazine rings is 1. The Balaban J connectivity index is 2.26. The van der Waals surface area contributed by atoms with Gasteiger partial charge in [-0.25, -0.2) is 4.39 Å². The van der Waals surface area contributed by atoms with Crippen LogP contribution in [0.15, 0.2) is 18.2 Å². The molecule has 1 N–H and O–H groups in total. The van der Waals surface area contributed by atoms with Crippen molar-refractivity contribution in [3.63, 3.8) is 0 Å². The standard InChI is InChI=1S/C14H20FIN2/c1-3-11-9-18(12(4-2)8-17-11)14-6-5-10(15)7-13(14)16/h5-7,11-12,17H,3-4,8-9H2,1-2H3. The van der Waals surface area contributed by atoms with Gasteiger partial charge in [-0.15, -0.1) is 0 Å². The lowest BCUT2D eigenvalue weighted by molar-refractivity contribution is 0.378. The lowest BCUT2D eigenvalue weighted by atomic mass is 10.0. The predicted molar refractivity (Wildman–Crippen MR) is 82.6 cm³/mol. The summed E-state index contributed by atoms with van der Waals surface area (Å²) in [6, 6.07) is 6.14. The minimum absolute atomic E-state index is 0.154. The van der Waals surface area contributed by atoms with E-state index in [2.05, 4.69) is 46.7 Å². The molecule has 4 heteroatoms. The van der Waals surface area contributed by atoms with Crippen LogP contribution in [-0.2, 0) is 0 Å². The monoisotopic (exact) mass is 362 g/mol. The predicted octanol–water partition coefficient (Wildman–Crippen LogP) is 3.40. The van der Waals surface area contributed by atoms with Crippen molar-refractivity contribution < 1.29 is 4.39 Å². The van der Waals surface area contributed by atoms with E-state index in [-0.39, 0.29) is 5.82 Å². The van der Waals surface area contributed by atoms with E-state index in [9.17, 15) is 4.39 Å². The second kappa shape index (κ2) is 6.19. The van der Waals surface area contributed by atoms with Gasteiger partial charge in [0.15, 0.2) is 0 Å². The molecule has 1 aliphatic heterocycles. The summed E-state index contributed by atoms with van der Waals surface area (Å²) < 4.78 is 14.2. The van der Waals surface area contributed by atoms with Crippen molar-refractivity contribution in [2.75, 3.05) is 18.0 Å². The third-order valence-electron chi connectivity index (χ3n) is 3.68. The quantitative estimate of drug-likeness (QED) is 0.830. The maximum Gasteiger partial charge on any atom is 0.124 e. The first-order valence-electron chi connectivity index (χ1n) is 6.60. The normalized spacial score (nSPS) is 24.3. The second-order valence-corrected chi connectivity index (χ2v) is 5.99. The highest BCUT2D eigenvalue weighted by Crippen LogP contribution is 2.28. The Hall–Kier alpha value is -0.360. The molecule has 0 spiro atoms. The molecule has 0 amide bonds. The zero-order valence-corrected chi connectivity index (χ0v) is 13.1. The van der Waals surface area contributed by atoms with Crippen LogP contribution in [0, 0.1) is 9.39 Å². The minimum Gasteiger partial charge on any atom is -0.365 e. The zero-order chi connectivity index (χ0) is 13.1. The average molecular weight is 362 g/mol. The number of halogens is 2. The van der Waals surface area contributed by atoms with Gasteiger partial charge in [-0.3, -0.25) is 0 Å². The smallest absolute Gasteiger partial charge is 0.124 e. The summed E-state index contributed by atoms with van der Waals surface area (Å²) in [5, 5.41) is 3.58. The van der Waals surface area contributed by atoms with Crippen molar-refractivity contribution in [1.29, 1.82) is 0 Å². The summed E-state index contributed by atoms with van der Waals surface area (Å²) in [4.78, 5) is 2.44. The van der Waals surface area contributed by atoms with Crippen molar-refractivity contribution in [1.82, 2.24) is 5.32 Å². The highest BCUT2D eigenvalue weighted by atomic mass is 127. The van der Waals surface area contributed by atoms with Crippen LogP contribution in [0.25, 0.3) is 0 Å². The van der Waals surface area contributed by atoms with Crippen LogP contribution in [0.3, 0.4) is 0 Å². The van der Waals surface area contributed by atoms with Gasteiger partial charge >= 0.3 is 0 Å². The molecular formula is C14H20FIN2. The molecule has 1 fully saturated rings. The largest absolute Gasteiger partial charge is 0.365 e. The van der Waals surface area contributed by atoms with E-state index in [1.165, 1.54) is 5.69 Å². The molecule has 2 nitrogen and oxygen atoms in total. The Morgan fingerprint density at radius 1 is 1.39 bits per heavy atom. The number of nitrogens with zero attached hydrogens (tertiary/aromatic N) is 1. The average Bonchev–Trinajstić information content (AvgIpc) is 2.38. The number of hydrogen-bond donors (Lipinski definition) is 1. The molecular weight excluding hydrogens is 342 g/mol. The maximum atomic E-state index is 13.2. The van der Waals surface area contributed by atoms with Crippen molar-refractivity contribution in [3.05, 3.63) is 27.6 Å². The molecule has 1 saturated heterocycles. The third-order valence-corrected chi connectivity index (χ3v) is 4.55. The Bertz CT molecular complexity index is 411. The Morgan fingerprint density at radius 2 is 2.17 bits per heavy atom. The summed E-state index contributed by atoms with van der Waals surface area (Å²) in [6.07, 6.45) is 2.24. The van der Waals surface area contributed by atoms with E-state index in [1.54, 1.807) is 12.1 Å². The first-order valence-corrected chi connectivity index (χ1v) is 7.68. The molecule has 1 aliphatic rings. The summed E-state index contributed by atoms with van der Waals surface area (Å²) in [7, 11) is 0. The number of nitrogens with one attached hydrogen (secondary N) is 1. The van der Waals surface area contributed by atoms with Crippen molar-refractivity contribution in [3.8, 4) is 0 Å². The van der Waals surface area contributed by atoms with Gasteiger partial charge in [0.1, 0.15) is 5.82 Å². The molecule has 1 heterocycles. The van der Waals surface area contributed by atoms with E-state index in [1.807, 2.05) is 6.07 Å². The van der Waals surface area contributed by atoms with E-state index >= 15 is 0 Å². The summed E-state index contributed by atoms with van der Waals surface area (Å²) in [6.45, 7) is 6.44. The molecule has 0 aromatic heterocycles. The summed E-state index contributed by atoms with van der Waals surface area (Å²) in [5.41, 5.74) is 1.17. The van der Waals surface area contributed by atoms with Gasteiger partial charge in [0, 0.05) is 28.7 Å². The Morgan fingerprint density at radius 3 is 2.78 bits per heavy atom. The summed E-state index contributed by atoms with van der Waals surface area (Å²) in [5.74, 6) is -0.154. The molecule has 100 valence electrons. The molecule has 2 unspecified atom stereocenters. The van der Waals surface area contributed by atoms with Crippen LogP contribution in [-0.4, -0.2) is 25.2 Å². The van der Waals surface area contributed by atoms with Crippen molar-refractivity contribution in [2.45, 2.75) is 38.8 Å². The van der Waals surface area contributed by atoms with Crippen LogP contribution >= 0.6 is 22.6 Å². The Kier molecular flexibility index (Phi) is 4.84. The van der Waals surface area contributed by atoms with E-state index < -0.39 is 0 Å². The molecule has 1 aromatic carbocycles. The van der Waals surface area contributed by atoms with Gasteiger partial charge in [0.05, 0.1) is 5.69 Å². The third kappa shape index (κ3) is 2.96. The number of benzene rings is 1. The fourth-order valence-corrected chi connectivity index (χ4v) is 3.30. The first-order chi connectivity index (χ1) is 8.65. The number of hydrogen-bond acceptors (Lipinski definition) is 2. The van der Waals surface area contributed by atoms with Gasteiger partial charge in [0.25, 0.3) is 0 Å². The van der Waals surface area contributed by atoms with Gasteiger partial charge in [-0.05, 0) is 53.6 Å². The fourth-order valence-electron chi connectivity index (χ4n) is 2.51. The molecule has 0 saturated carbocycles. The molecule has 0 aliphatic carbocycles. The fraction of sp³-hybridized carbons (Fsp3) is 0.571. The van der Waals surface area contributed by atoms with E-state index in [4.69, 9.17) is 0 Å². The molecule has 2 rings (SSSR count). The first kappa shape index (κ1) is 14.1. The highest BCUT2D eigenvalue weighted by Gasteiger charge is 2.27. The van der Waals surface area contributed by atoms with Gasteiger partial charge in [0.2, 0.25) is 0 Å². The van der Waals surface area contributed by atoms with Crippen LogP contribution < -0.4 is 10.2 Å². The highest BCUT2D eigenvalue weighted by molar-refractivity contribution is 14.1. The van der Waals surface area contributed by atoms with Crippen LogP contribution in [0.2, 0.25) is 0 Å². The summed E-state index contributed by atoms with van der Waals surface area (Å²) >= 11 is 2.23. The number of rotatable bonds is 3. The van der Waals surface area contributed by atoms with Gasteiger partial charge < -0.3 is 10.2 Å². The lowest BCUT2D eigenvalue weighted by Crippen LogP contribution is -2.56. The van der Waals surface area contributed by atoms with Gasteiger partial charge in [-0.2, -0.15) is 0 Å². The van der Waals surface area contributed by atoms with E-state index in [0.717, 1.165) is 29.5 Å². The molecule has 2 atom stereocenters. The van der Waals surface area contributed by atoms with Crippen LogP contribution in [0.4, 0.5) is 10.1 Å². The number of anilines is 1. The van der Waals surface area contributed by atoms with Crippen molar-refractivity contribution >= 4 is 28.3 Å². The molecule has 0 bridgehead atoms. The Labute approximate surface area is 122 Å².